The molecule has 1 aromatic carbocycles. The maximum atomic E-state index is 12.6. The van der Waals surface area contributed by atoms with Gasteiger partial charge in [0.1, 0.15) is 0 Å². The molecule has 0 saturated heterocycles. The lowest BCUT2D eigenvalue weighted by atomic mass is 10.1. The number of carbonyl (C=O) groups is 1. The molecule has 3 heterocycles. The van der Waals surface area contributed by atoms with Crippen molar-refractivity contribution < 1.29 is 9.21 Å². The number of amides is 1. The van der Waals surface area contributed by atoms with Crippen LogP contribution < -0.4 is 5.32 Å². The van der Waals surface area contributed by atoms with Gasteiger partial charge in [0.05, 0.1) is 6.26 Å². The van der Waals surface area contributed by atoms with E-state index in [2.05, 4.69) is 15.4 Å². The van der Waals surface area contributed by atoms with E-state index in [0.29, 0.717) is 18.1 Å². The first-order chi connectivity index (χ1) is 12.8. The number of nitrogens with one attached hydrogen (secondary N) is 1. The van der Waals surface area contributed by atoms with Gasteiger partial charge in [-0.15, -0.1) is 0 Å². The Morgan fingerprint density at radius 1 is 1.04 bits per heavy atom. The number of hydrogen-bond donors (Lipinski definition) is 1. The standard InChI is InChI=1S/C20H16N4O2/c25-20(18-17(9-13-26-18)15-6-2-1-3-7-15)22-14-16-8-4-10-21-19(16)24-12-5-11-23-24/h1-13H,14H2,(H,22,25). The highest BCUT2D eigenvalue weighted by Crippen LogP contribution is 2.24. The zero-order chi connectivity index (χ0) is 17.8. The fraction of sp³-hybridized carbons (Fsp3) is 0.0500. The Bertz CT molecular complexity index is 1010. The lowest BCUT2D eigenvalue weighted by Gasteiger charge is -2.09. The third-order valence-corrected chi connectivity index (χ3v) is 3.98. The van der Waals surface area contributed by atoms with E-state index in [4.69, 9.17) is 4.42 Å². The monoisotopic (exact) mass is 344 g/mol. The van der Waals surface area contributed by atoms with E-state index in [9.17, 15) is 4.79 Å². The van der Waals surface area contributed by atoms with E-state index in [1.54, 1.807) is 23.1 Å². The second kappa shape index (κ2) is 7.06. The van der Waals surface area contributed by atoms with Crippen LogP contribution in [0.2, 0.25) is 0 Å². The van der Waals surface area contributed by atoms with Crippen molar-refractivity contribution in [2.75, 3.05) is 0 Å². The van der Waals surface area contributed by atoms with Gasteiger partial charge in [-0.1, -0.05) is 36.4 Å². The van der Waals surface area contributed by atoms with E-state index < -0.39 is 0 Å². The summed E-state index contributed by atoms with van der Waals surface area (Å²) in [6, 6.07) is 17.0. The molecule has 0 bridgehead atoms. The fourth-order valence-corrected chi connectivity index (χ4v) is 2.75. The first kappa shape index (κ1) is 15.8. The van der Waals surface area contributed by atoms with Crippen molar-refractivity contribution in [2.24, 2.45) is 0 Å². The molecular weight excluding hydrogens is 328 g/mol. The Kier molecular flexibility index (Phi) is 4.30. The second-order valence-electron chi connectivity index (χ2n) is 5.65. The van der Waals surface area contributed by atoms with Crippen molar-refractivity contribution in [3.63, 3.8) is 0 Å². The average molecular weight is 344 g/mol. The van der Waals surface area contributed by atoms with Gasteiger partial charge in [-0.2, -0.15) is 5.10 Å². The molecule has 128 valence electrons. The molecular formula is C20H16N4O2. The van der Waals surface area contributed by atoms with E-state index in [1.165, 1.54) is 6.26 Å². The summed E-state index contributed by atoms with van der Waals surface area (Å²) in [6.07, 6.45) is 6.72. The van der Waals surface area contributed by atoms with E-state index >= 15 is 0 Å². The van der Waals surface area contributed by atoms with Crippen LogP contribution in [0.4, 0.5) is 0 Å². The third kappa shape index (κ3) is 3.12. The molecule has 4 aromatic rings. The van der Waals surface area contributed by atoms with Crippen molar-refractivity contribution in [1.29, 1.82) is 0 Å². The number of carbonyl (C=O) groups excluding carboxylic acids is 1. The zero-order valence-corrected chi connectivity index (χ0v) is 13.9. The minimum atomic E-state index is -0.274. The van der Waals surface area contributed by atoms with Gasteiger partial charge in [0.25, 0.3) is 5.91 Å². The quantitative estimate of drug-likeness (QED) is 0.602. The molecule has 0 saturated carbocycles. The fourth-order valence-electron chi connectivity index (χ4n) is 2.75. The molecule has 6 heteroatoms. The molecule has 0 aliphatic carbocycles. The van der Waals surface area contributed by atoms with E-state index in [1.807, 2.05) is 54.7 Å². The number of furan rings is 1. The maximum absolute atomic E-state index is 12.6. The van der Waals surface area contributed by atoms with Gasteiger partial charge in [-0.3, -0.25) is 4.79 Å². The van der Waals surface area contributed by atoms with Crippen LogP contribution in [-0.2, 0) is 6.54 Å². The summed E-state index contributed by atoms with van der Waals surface area (Å²) in [5, 5.41) is 7.10. The number of benzene rings is 1. The van der Waals surface area contributed by atoms with Crippen LogP contribution in [0.25, 0.3) is 16.9 Å². The molecule has 0 atom stereocenters. The summed E-state index contributed by atoms with van der Waals surface area (Å²) in [6.45, 7) is 0.316. The van der Waals surface area contributed by atoms with Crippen LogP contribution in [0.5, 0.6) is 0 Å². The minimum absolute atomic E-state index is 0.274. The van der Waals surface area contributed by atoms with Crippen molar-refractivity contribution in [3.05, 3.63) is 90.8 Å². The van der Waals surface area contributed by atoms with Crippen molar-refractivity contribution in [2.45, 2.75) is 6.54 Å². The van der Waals surface area contributed by atoms with Gasteiger partial charge in [0, 0.05) is 36.3 Å². The highest BCUT2D eigenvalue weighted by atomic mass is 16.3. The zero-order valence-electron chi connectivity index (χ0n) is 13.9. The summed E-state index contributed by atoms with van der Waals surface area (Å²) in [5.74, 6) is 0.699. The molecule has 0 spiro atoms. The van der Waals surface area contributed by atoms with Crippen LogP contribution in [0.3, 0.4) is 0 Å². The SMILES string of the molecule is O=C(NCc1cccnc1-n1cccn1)c1occc1-c1ccccc1. The molecule has 1 N–H and O–H groups in total. The molecule has 26 heavy (non-hydrogen) atoms. The predicted octanol–water partition coefficient (Wildman–Crippen LogP) is 3.46. The molecule has 6 nitrogen and oxygen atoms in total. The van der Waals surface area contributed by atoms with E-state index in [0.717, 1.165) is 16.7 Å². The summed E-state index contributed by atoms with van der Waals surface area (Å²) in [5.41, 5.74) is 2.56. The van der Waals surface area contributed by atoms with Gasteiger partial charge < -0.3 is 9.73 Å². The van der Waals surface area contributed by atoms with Gasteiger partial charge in [0.15, 0.2) is 11.6 Å². The molecule has 0 unspecified atom stereocenters. The first-order valence-corrected chi connectivity index (χ1v) is 8.18. The van der Waals surface area contributed by atoms with Crippen LogP contribution in [0.1, 0.15) is 16.1 Å². The predicted molar refractivity (Wildman–Crippen MR) is 96.7 cm³/mol. The third-order valence-electron chi connectivity index (χ3n) is 3.98. The molecule has 4 rings (SSSR count). The summed E-state index contributed by atoms with van der Waals surface area (Å²) < 4.78 is 7.10. The Balaban J connectivity index is 1.54. The Morgan fingerprint density at radius 3 is 2.73 bits per heavy atom. The van der Waals surface area contributed by atoms with Crippen LogP contribution in [-0.4, -0.2) is 20.7 Å². The molecule has 0 fully saturated rings. The van der Waals surface area contributed by atoms with Crippen LogP contribution in [0, 0.1) is 0 Å². The van der Waals surface area contributed by atoms with Crippen LogP contribution >= 0.6 is 0 Å². The summed E-state index contributed by atoms with van der Waals surface area (Å²) >= 11 is 0. The number of pyridine rings is 1. The number of rotatable bonds is 5. The average Bonchev–Trinajstić information content (AvgIpc) is 3.39. The first-order valence-electron chi connectivity index (χ1n) is 8.18. The van der Waals surface area contributed by atoms with Crippen molar-refractivity contribution in [1.82, 2.24) is 20.1 Å². The van der Waals surface area contributed by atoms with Gasteiger partial charge in [-0.05, 0) is 23.8 Å². The number of aromatic nitrogens is 3. The number of hydrogen-bond acceptors (Lipinski definition) is 4. The highest BCUT2D eigenvalue weighted by Gasteiger charge is 2.17. The smallest absolute Gasteiger partial charge is 0.287 e. The molecule has 3 aromatic heterocycles. The second-order valence-corrected chi connectivity index (χ2v) is 5.65. The molecule has 1 amide bonds. The largest absolute Gasteiger partial charge is 0.459 e. The van der Waals surface area contributed by atoms with Gasteiger partial charge in [0.2, 0.25) is 0 Å². The lowest BCUT2D eigenvalue weighted by molar-refractivity contribution is 0.0924. The van der Waals surface area contributed by atoms with Gasteiger partial charge >= 0.3 is 0 Å². The van der Waals surface area contributed by atoms with Crippen molar-refractivity contribution in [3.8, 4) is 16.9 Å². The normalized spacial score (nSPS) is 10.6. The topological polar surface area (TPSA) is 73.0 Å². The minimum Gasteiger partial charge on any atom is -0.459 e. The maximum Gasteiger partial charge on any atom is 0.287 e. The molecule has 0 aliphatic rings. The van der Waals surface area contributed by atoms with E-state index in [-0.39, 0.29) is 5.91 Å². The van der Waals surface area contributed by atoms with Gasteiger partial charge in [-0.25, -0.2) is 9.67 Å². The highest BCUT2D eigenvalue weighted by molar-refractivity contribution is 5.98. The lowest BCUT2D eigenvalue weighted by Crippen LogP contribution is -2.24. The van der Waals surface area contributed by atoms with Crippen molar-refractivity contribution >= 4 is 5.91 Å². The summed E-state index contributed by atoms with van der Waals surface area (Å²) in [4.78, 5) is 17.0. The Morgan fingerprint density at radius 2 is 1.92 bits per heavy atom. The Labute approximate surface area is 150 Å². The molecule has 0 radical (unpaired) electrons. The van der Waals surface area contributed by atoms with Crippen LogP contribution in [0.15, 0.2) is 83.9 Å². The Hall–Kier alpha value is -3.67. The summed E-state index contributed by atoms with van der Waals surface area (Å²) in [7, 11) is 0. The number of nitrogens with zero attached hydrogens (tertiary/aromatic N) is 3. The molecule has 0 aliphatic heterocycles.